The molecule has 0 spiro atoms. The van der Waals surface area contributed by atoms with Gasteiger partial charge < -0.3 is 5.73 Å². The van der Waals surface area contributed by atoms with E-state index in [2.05, 4.69) is 16.7 Å². The van der Waals surface area contributed by atoms with Gasteiger partial charge in [0, 0.05) is 12.4 Å². The third kappa shape index (κ3) is 2.80. The fourth-order valence-electron chi connectivity index (χ4n) is 0.647. The molecule has 0 heterocycles. The number of hydrogen-bond acceptors (Lipinski definition) is 3. The summed E-state index contributed by atoms with van der Waals surface area (Å²) in [5.41, 5.74) is 6.62. The van der Waals surface area contributed by atoms with E-state index >= 15 is 0 Å². The van der Waals surface area contributed by atoms with Crippen molar-refractivity contribution in [3.63, 3.8) is 0 Å². The van der Waals surface area contributed by atoms with Crippen LogP contribution in [0.4, 0.5) is 0 Å². The quantitative estimate of drug-likeness (QED) is 0.482. The number of rotatable bonds is 3. The first-order valence-electron chi connectivity index (χ1n) is 3.34. The van der Waals surface area contributed by atoms with Crippen molar-refractivity contribution in [2.24, 2.45) is 15.7 Å². The first-order valence-corrected chi connectivity index (χ1v) is 3.34. The minimum Gasteiger partial charge on any atom is -0.403 e. The molecule has 60 valence electrons. The standard InChI is InChI=1S/C8H13N3/c1-4-7(11-5-2)8(6-9)10-3/h4-6H,3,9H2,1-2H3/b7-4+,8-6+,11-5?. The van der Waals surface area contributed by atoms with Crippen molar-refractivity contribution in [2.75, 3.05) is 0 Å². The molecule has 0 aromatic carbocycles. The zero-order valence-corrected chi connectivity index (χ0v) is 6.91. The second-order valence-corrected chi connectivity index (χ2v) is 1.77. The molecular formula is C8H13N3. The van der Waals surface area contributed by atoms with Gasteiger partial charge in [0.2, 0.25) is 0 Å². The Hall–Kier alpha value is -1.38. The molecule has 0 rings (SSSR count). The summed E-state index contributed by atoms with van der Waals surface area (Å²) in [5, 5.41) is 0. The Bertz CT molecular complexity index is 211. The van der Waals surface area contributed by atoms with Crippen LogP contribution in [0.25, 0.3) is 0 Å². The molecule has 11 heavy (non-hydrogen) atoms. The van der Waals surface area contributed by atoms with E-state index in [-0.39, 0.29) is 0 Å². The molecular weight excluding hydrogens is 138 g/mol. The van der Waals surface area contributed by atoms with E-state index < -0.39 is 0 Å². The molecule has 3 heteroatoms. The number of hydrogen-bond donors (Lipinski definition) is 1. The molecule has 0 bridgehead atoms. The Labute approximate surface area is 67.0 Å². The molecule has 2 N–H and O–H groups in total. The van der Waals surface area contributed by atoms with Gasteiger partial charge in [0.25, 0.3) is 0 Å². The highest BCUT2D eigenvalue weighted by Gasteiger charge is 1.95. The fourth-order valence-corrected chi connectivity index (χ4v) is 0.647. The third-order valence-corrected chi connectivity index (χ3v) is 1.13. The van der Waals surface area contributed by atoms with E-state index in [4.69, 9.17) is 5.73 Å². The molecule has 0 aliphatic rings. The van der Waals surface area contributed by atoms with E-state index in [1.807, 2.05) is 19.9 Å². The molecule has 0 saturated carbocycles. The predicted molar refractivity (Wildman–Crippen MR) is 49.7 cm³/mol. The van der Waals surface area contributed by atoms with Crippen LogP contribution in [-0.2, 0) is 0 Å². The highest BCUT2D eigenvalue weighted by Crippen LogP contribution is 2.09. The minimum atomic E-state index is 0.602. The van der Waals surface area contributed by atoms with Gasteiger partial charge in [-0.3, -0.25) is 9.98 Å². The van der Waals surface area contributed by atoms with Crippen molar-refractivity contribution < 1.29 is 0 Å². The molecule has 0 aromatic rings. The number of nitrogens with zero attached hydrogens (tertiary/aromatic N) is 2. The Kier molecular flexibility index (Phi) is 4.73. The summed E-state index contributed by atoms with van der Waals surface area (Å²) < 4.78 is 0. The van der Waals surface area contributed by atoms with Gasteiger partial charge in [-0.2, -0.15) is 0 Å². The first-order chi connectivity index (χ1) is 5.29. The van der Waals surface area contributed by atoms with Crippen molar-refractivity contribution in [3.8, 4) is 0 Å². The van der Waals surface area contributed by atoms with Crippen LogP contribution >= 0.6 is 0 Å². The maximum absolute atomic E-state index is 5.28. The molecule has 0 aliphatic carbocycles. The van der Waals surface area contributed by atoms with Crippen LogP contribution in [0.15, 0.2) is 33.7 Å². The van der Waals surface area contributed by atoms with E-state index in [0.29, 0.717) is 5.70 Å². The number of aliphatic imine (C=N–C) groups is 2. The molecule has 0 atom stereocenters. The minimum absolute atomic E-state index is 0.602. The van der Waals surface area contributed by atoms with Gasteiger partial charge in [-0.1, -0.05) is 6.08 Å². The van der Waals surface area contributed by atoms with Crippen LogP contribution in [0, 0.1) is 0 Å². The van der Waals surface area contributed by atoms with E-state index in [0.717, 1.165) is 5.70 Å². The zero-order valence-electron chi connectivity index (χ0n) is 6.91. The van der Waals surface area contributed by atoms with Gasteiger partial charge in [-0.15, -0.1) is 0 Å². The van der Waals surface area contributed by atoms with Crippen LogP contribution in [-0.4, -0.2) is 12.9 Å². The zero-order chi connectivity index (χ0) is 8.69. The third-order valence-electron chi connectivity index (χ3n) is 1.13. The lowest BCUT2D eigenvalue weighted by atomic mass is 10.3. The van der Waals surface area contributed by atoms with Crippen LogP contribution in [0.2, 0.25) is 0 Å². The molecule has 0 radical (unpaired) electrons. The summed E-state index contributed by atoms with van der Waals surface area (Å²) in [4.78, 5) is 7.74. The Morgan fingerprint density at radius 2 is 2.00 bits per heavy atom. The molecule has 0 amide bonds. The van der Waals surface area contributed by atoms with Crippen molar-refractivity contribution in [3.05, 3.63) is 23.7 Å². The van der Waals surface area contributed by atoms with Crippen LogP contribution in [0.3, 0.4) is 0 Å². The van der Waals surface area contributed by atoms with Gasteiger partial charge in [0.15, 0.2) is 0 Å². The van der Waals surface area contributed by atoms with Gasteiger partial charge >= 0.3 is 0 Å². The maximum atomic E-state index is 5.28. The Balaban J connectivity index is 4.64. The van der Waals surface area contributed by atoms with Gasteiger partial charge in [0.1, 0.15) is 5.70 Å². The molecule has 0 fully saturated rings. The van der Waals surface area contributed by atoms with Gasteiger partial charge in [0.05, 0.1) is 5.70 Å². The molecule has 3 nitrogen and oxygen atoms in total. The Morgan fingerprint density at radius 1 is 1.36 bits per heavy atom. The summed E-state index contributed by atoms with van der Waals surface area (Å²) >= 11 is 0. The Morgan fingerprint density at radius 3 is 2.27 bits per heavy atom. The average molecular weight is 151 g/mol. The van der Waals surface area contributed by atoms with E-state index in [1.54, 1.807) is 6.21 Å². The van der Waals surface area contributed by atoms with Gasteiger partial charge in [-0.25, -0.2) is 0 Å². The fraction of sp³-hybridized carbons (Fsp3) is 0.250. The monoisotopic (exact) mass is 151 g/mol. The lowest BCUT2D eigenvalue weighted by Gasteiger charge is -1.97. The number of allylic oxidation sites excluding steroid dienone is 1. The second kappa shape index (κ2) is 5.41. The maximum Gasteiger partial charge on any atom is 0.103 e. The van der Waals surface area contributed by atoms with Crippen molar-refractivity contribution in [2.45, 2.75) is 13.8 Å². The lowest BCUT2D eigenvalue weighted by molar-refractivity contribution is 1.22. The number of nitrogens with two attached hydrogens (primary N) is 1. The van der Waals surface area contributed by atoms with E-state index in [9.17, 15) is 0 Å². The molecule has 0 aliphatic heterocycles. The molecule has 0 saturated heterocycles. The SMILES string of the molecule is C=NC(=C/N)/C(=C\C)N=CC. The average Bonchev–Trinajstić information content (AvgIpc) is 2.05. The first kappa shape index (κ1) is 9.62. The van der Waals surface area contributed by atoms with Crippen molar-refractivity contribution in [1.82, 2.24) is 0 Å². The smallest absolute Gasteiger partial charge is 0.103 e. The summed E-state index contributed by atoms with van der Waals surface area (Å²) in [5.74, 6) is 0. The van der Waals surface area contributed by atoms with Crippen molar-refractivity contribution in [1.29, 1.82) is 0 Å². The predicted octanol–water partition coefficient (Wildman–Crippen LogP) is 1.48. The van der Waals surface area contributed by atoms with Crippen molar-refractivity contribution >= 4 is 12.9 Å². The highest BCUT2D eigenvalue weighted by molar-refractivity contribution is 5.57. The van der Waals surface area contributed by atoms with Crippen LogP contribution < -0.4 is 5.73 Å². The summed E-state index contributed by atoms with van der Waals surface area (Å²) in [6, 6.07) is 0. The summed E-state index contributed by atoms with van der Waals surface area (Å²) in [7, 11) is 0. The lowest BCUT2D eigenvalue weighted by Crippen LogP contribution is -1.88. The molecule has 0 aromatic heterocycles. The second-order valence-electron chi connectivity index (χ2n) is 1.77. The topological polar surface area (TPSA) is 50.7 Å². The largest absolute Gasteiger partial charge is 0.403 e. The highest BCUT2D eigenvalue weighted by atomic mass is 14.8. The van der Waals surface area contributed by atoms with E-state index in [1.165, 1.54) is 6.20 Å². The van der Waals surface area contributed by atoms with Crippen LogP contribution in [0.1, 0.15) is 13.8 Å². The van der Waals surface area contributed by atoms with Gasteiger partial charge in [-0.05, 0) is 20.6 Å². The summed E-state index contributed by atoms with van der Waals surface area (Å²) in [6.45, 7) is 7.08. The van der Waals surface area contributed by atoms with Crippen LogP contribution in [0.5, 0.6) is 0 Å². The molecule has 0 unspecified atom stereocenters. The normalized spacial score (nSPS) is 14.0. The summed E-state index contributed by atoms with van der Waals surface area (Å²) in [6.07, 6.45) is 4.90.